The minimum atomic E-state index is -1.09. The molecule has 1 fully saturated rings. The summed E-state index contributed by atoms with van der Waals surface area (Å²) in [6, 6.07) is 19.3. The van der Waals surface area contributed by atoms with Crippen molar-refractivity contribution in [1.82, 2.24) is 0 Å². The number of hydrogen-bond acceptors (Lipinski definition) is 7. The van der Waals surface area contributed by atoms with Crippen LogP contribution in [0.4, 0.5) is 0 Å². The first-order chi connectivity index (χ1) is 14.9. The smallest absolute Gasteiger partial charge is 0.305 e. The predicted molar refractivity (Wildman–Crippen MR) is 112 cm³/mol. The lowest BCUT2D eigenvalue weighted by Gasteiger charge is -2.31. The van der Waals surface area contributed by atoms with Crippen LogP contribution in [0.1, 0.15) is 31.9 Å². The number of benzene rings is 2. The molecule has 0 bridgehead atoms. The summed E-state index contributed by atoms with van der Waals surface area (Å²) < 4.78 is 28.9. The first-order valence-electron chi connectivity index (χ1n) is 10.2. The van der Waals surface area contributed by atoms with Crippen molar-refractivity contribution in [1.29, 1.82) is 0 Å². The van der Waals surface area contributed by atoms with Gasteiger partial charge in [0.1, 0.15) is 11.7 Å². The number of ether oxygens (including phenoxy) is 5. The molecule has 0 spiro atoms. The molecule has 7 nitrogen and oxygen atoms in total. The van der Waals surface area contributed by atoms with E-state index in [1.165, 1.54) is 13.8 Å². The van der Waals surface area contributed by atoms with Gasteiger partial charge in [-0.25, -0.2) is 0 Å². The summed E-state index contributed by atoms with van der Waals surface area (Å²) in [5, 5.41) is 0. The van der Waals surface area contributed by atoms with Crippen LogP contribution in [0, 0.1) is 0 Å². The van der Waals surface area contributed by atoms with Gasteiger partial charge in [0.2, 0.25) is 6.29 Å². The van der Waals surface area contributed by atoms with Crippen LogP contribution in [0.2, 0.25) is 0 Å². The molecule has 0 unspecified atom stereocenters. The molecule has 31 heavy (non-hydrogen) atoms. The molecule has 0 amide bonds. The van der Waals surface area contributed by atoms with Crippen molar-refractivity contribution in [2.75, 3.05) is 6.61 Å². The molecule has 0 saturated carbocycles. The van der Waals surface area contributed by atoms with Crippen LogP contribution in [-0.2, 0) is 46.5 Å². The number of hydrogen-bond donors (Lipinski definition) is 0. The van der Waals surface area contributed by atoms with Crippen molar-refractivity contribution in [3.8, 4) is 0 Å². The average Bonchev–Trinajstić information content (AvgIpc) is 2.97. The number of carbonyl (C=O) groups excluding carboxylic acids is 2. The predicted octanol–water partition coefficient (Wildman–Crippen LogP) is 3.40. The minimum Gasteiger partial charge on any atom is -0.453 e. The van der Waals surface area contributed by atoms with E-state index in [9.17, 15) is 9.59 Å². The van der Waals surface area contributed by atoms with Crippen LogP contribution in [0.5, 0.6) is 0 Å². The first-order valence-corrected chi connectivity index (χ1v) is 10.2. The second-order valence-corrected chi connectivity index (χ2v) is 7.68. The van der Waals surface area contributed by atoms with Gasteiger partial charge in [0, 0.05) is 13.8 Å². The molecule has 1 heterocycles. The summed E-state index contributed by atoms with van der Waals surface area (Å²) >= 11 is 0. The summed E-state index contributed by atoms with van der Waals surface area (Å²) in [4.78, 5) is 23.4. The molecule has 166 valence electrons. The normalized spacial score (nSPS) is 25.2. The van der Waals surface area contributed by atoms with Crippen LogP contribution in [-0.4, -0.2) is 42.6 Å². The second kappa shape index (κ2) is 10.5. The van der Waals surface area contributed by atoms with Gasteiger partial charge in [-0.15, -0.1) is 0 Å². The fraction of sp³-hybridized carbons (Fsp3) is 0.417. The highest BCUT2D eigenvalue weighted by molar-refractivity contribution is 5.67. The van der Waals surface area contributed by atoms with Gasteiger partial charge in [-0.1, -0.05) is 60.7 Å². The van der Waals surface area contributed by atoms with Gasteiger partial charge >= 0.3 is 11.9 Å². The summed E-state index contributed by atoms with van der Waals surface area (Å²) in [7, 11) is 0. The number of carbonyl (C=O) groups is 2. The van der Waals surface area contributed by atoms with Crippen molar-refractivity contribution in [2.45, 2.75) is 58.1 Å². The molecule has 2 aromatic carbocycles. The maximum absolute atomic E-state index is 11.8. The average molecular weight is 428 g/mol. The third-order valence-electron chi connectivity index (χ3n) is 4.91. The molecule has 3 rings (SSSR count). The fourth-order valence-corrected chi connectivity index (χ4v) is 3.55. The molecule has 7 heteroatoms. The molecular weight excluding hydrogens is 400 g/mol. The van der Waals surface area contributed by atoms with E-state index in [0.717, 1.165) is 11.1 Å². The standard InChI is InChI=1S/C24H28O7/c1-17(25)29-21-22(28-15-20-12-8-5-9-13-20)24(3,31-23(21)30-18(2)26)16-27-14-19-10-6-4-7-11-19/h4-13,21-23H,14-16H2,1-3H3/t21-,22+,23+,24-/m1/s1. The Balaban J connectivity index is 1.77. The summed E-state index contributed by atoms with van der Waals surface area (Å²) in [6.45, 7) is 5.16. The number of esters is 2. The molecule has 2 aromatic rings. The lowest BCUT2D eigenvalue weighted by atomic mass is 9.98. The third-order valence-corrected chi connectivity index (χ3v) is 4.91. The molecule has 0 radical (unpaired) electrons. The van der Waals surface area contributed by atoms with Crippen molar-refractivity contribution >= 4 is 11.9 Å². The van der Waals surface area contributed by atoms with Gasteiger partial charge in [0.05, 0.1) is 19.8 Å². The molecule has 4 atom stereocenters. The van der Waals surface area contributed by atoms with E-state index in [-0.39, 0.29) is 13.2 Å². The van der Waals surface area contributed by atoms with Crippen molar-refractivity contribution < 1.29 is 33.3 Å². The van der Waals surface area contributed by atoms with Crippen LogP contribution < -0.4 is 0 Å². The van der Waals surface area contributed by atoms with Gasteiger partial charge in [-0.2, -0.15) is 0 Å². The zero-order valence-corrected chi connectivity index (χ0v) is 18.0. The third kappa shape index (κ3) is 6.37. The molecule has 1 aliphatic rings. The van der Waals surface area contributed by atoms with E-state index in [0.29, 0.717) is 6.61 Å². The highest BCUT2D eigenvalue weighted by Crippen LogP contribution is 2.37. The Morgan fingerprint density at radius 1 is 0.871 bits per heavy atom. The van der Waals surface area contributed by atoms with Gasteiger partial charge in [-0.05, 0) is 18.1 Å². The lowest BCUT2D eigenvalue weighted by molar-refractivity contribution is -0.208. The van der Waals surface area contributed by atoms with Gasteiger partial charge < -0.3 is 23.7 Å². The molecule has 0 aliphatic carbocycles. The highest BCUT2D eigenvalue weighted by Gasteiger charge is 2.57. The zero-order chi connectivity index (χ0) is 22.3. The Labute approximate surface area is 182 Å². The van der Waals surface area contributed by atoms with E-state index in [1.54, 1.807) is 6.92 Å². The van der Waals surface area contributed by atoms with E-state index < -0.39 is 36.0 Å². The SMILES string of the molecule is CC(=O)O[C@H]1O[C@](C)(COCc2ccccc2)[C@@H](OCc2ccccc2)[C@H]1OC(C)=O. The second-order valence-electron chi connectivity index (χ2n) is 7.68. The summed E-state index contributed by atoms with van der Waals surface area (Å²) in [5.41, 5.74) is 0.954. The molecule has 1 aliphatic heterocycles. The topological polar surface area (TPSA) is 80.3 Å². The Morgan fingerprint density at radius 2 is 1.42 bits per heavy atom. The summed E-state index contributed by atoms with van der Waals surface area (Å²) in [6.07, 6.45) is -2.72. The quantitative estimate of drug-likeness (QED) is 0.566. The van der Waals surface area contributed by atoms with Gasteiger partial charge in [0.25, 0.3) is 0 Å². The Kier molecular flexibility index (Phi) is 7.79. The van der Waals surface area contributed by atoms with E-state index in [4.69, 9.17) is 23.7 Å². The van der Waals surface area contributed by atoms with E-state index >= 15 is 0 Å². The maximum atomic E-state index is 11.8. The van der Waals surface area contributed by atoms with E-state index in [2.05, 4.69) is 0 Å². The minimum absolute atomic E-state index is 0.150. The Bertz CT molecular complexity index is 855. The van der Waals surface area contributed by atoms with Crippen LogP contribution in [0.15, 0.2) is 60.7 Å². The summed E-state index contributed by atoms with van der Waals surface area (Å²) in [5.74, 6) is -1.06. The first kappa shape index (κ1) is 22.9. The Morgan fingerprint density at radius 3 is 1.97 bits per heavy atom. The van der Waals surface area contributed by atoms with Crippen molar-refractivity contribution in [2.24, 2.45) is 0 Å². The van der Waals surface area contributed by atoms with E-state index in [1.807, 2.05) is 60.7 Å². The molecule has 1 saturated heterocycles. The molecule has 0 N–H and O–H groups in total. The van der Waals surface area contributed by atoms with Crippen LogP contribution in [0.25, 0.3) is 0 Å². The number of rotatable bonds is 9. The van der Waals surface area contributed by atoms with Crippen LogP contribution >= 0.6 is 0 Å². The van der Waals surface area contributed by atoms with Crippen molar-refractivity contribution in [3.63, 3.8) is 0 Å². The van der Waals surface area contributed by atoms with Gasteiger partial charge in [-0.3, -0.25) is 9.59 Å². The largest absolute Gasteiger partial charge is 0.453 e. The van der Waals surface area contributed by atoms with Crippen LogP contribution in [0.3, 0.4) is 0 Å². The lowest BCUT2D eigenvalue weighted by Crippen LogP contribution is -2.47. The zero-order valence-electron chi connectivity index (χ0n) is 18.0. The van der Waals surface area contributed by atoms with Crippen molar-refractivity contribution in [3.05, 3.63) is 71.8 Å². The maximum Gasteiger partial charge on any atom is 0.305 e. The highest BCUT2D eigenvalue weighted by atomic mass is 16.8. The Hall–Kier alpha value is -2.74. The monoisotopic (exact) mass is 428 g/mol. The fourth-order valence-electron chi connectivity index (χ4n) is 3.55. The van der Waals surface area contributed by atoms with Gasteiger partial charge in [0.15, 0.2) is 6.10 Å². The molecular formula is C24H28O7. The molecule has 0 aromatic heterocycles.